The number of rotatable bonds is 5. The first kappa shape index (κ1) is 16.3. The van der Waals surface area contributed by atoms with Crippen LogP contribution in [0.25, 0.3) is 0 Å². The van der Waals surface area contributed by atoms with Crippen LogP contribution in [0.15, 0.2) is 24.3 Å². The molecule has 0 radical (unpaired) electrons. The minimum absolute atomic E-state index is 0.0637. The number of nitrogens with two attached hydrogens (primary N) is 1. The van der Waals surface area contributed by atoms with Crippen LogP contribution in [0.1, 0.15) is 36.8 Å². The van der Waals surface area contributed by atoms with Crippen LogP contribution in [-0.4, -0.2) is 19.0 Å². The van der Waals surface area contributed by atoms with Gasteiger partial charge in [-0.15, -0.1) is 0 Å². The van der Waals surface area contributed by atoms with Crippen molar-refractivity contribution < 1.29 is 18.0 Å². The molecular formula is C17H21F3N2O. The molecule has 3 rings (SSSR count). The molecule has 0 saturated heterocycles. The molecule has 1 aromatic carbocycles. The molecule has 0 bridgehead atoms. The van der Waals surface area contributed by atoms with E-state index in [0.717, 1.165) is 25.0 Å². The van der Waals surface area contributed by atoms with Gasteiger partial charge in [-0.05, 0) is 55.3 Å². The number of benzene rings is 1. The highest BCUT2D eigenvalue weighted by molar-refractivity contribution is 5.89. The maximum Gasteiger partial charge on any atom is 0.416 e. The van der Waals surface area contributed by atoms with Gasteiger partial charge in [0.05, 0.1) is 11.0 Å². The van der Waals surface area contributed by atoms with Crippen molar-refractivity contribution in [3.05, 3.63) is 35.4 Å². The summed E-state index contributed by atoms with van der Waals surface area (Å²) in [4.78, 5) is 12.6. The summed E-state index contributed by atoms with van der Waals surface area (Å²) in [5, 5.41) is 2.98. The lowest BCUT2D eigenvalue weighted by Crippen LogP contribution is -2.49. The average Bonchev–Trinajstić information content (AvgIpc) is 3.22. The van der Waals surface area contributed by atoms with Gasteiger partial charge in [0.25, 0.3) is 0 Å². The highest BCUT2D eigenvalue weighted by Crippen LogP contribution is 2.45. The predicted octanol–water partition coefficient (Wildman–Crippen LogP) is 2.84. The smallest absolute Gasteiger partial charge is 0.355 e. The number of halogens is 3. The zero-order chi connectivity index (χ0) is 16.7. The monoisotopic (exact) mass is 326 g/mol. The van der Waals surface area contributed by atoms with Gasteiger partial charge in [-0.25, -0.2) is 0 Å². The Bertz CT molecular complexity index is 578. The normalized spacial score (nSPS) is 25.6. The molecule has 0 aliphatic heterocycles. The van der Waals surface area contributed by atoms with Gasteiger partial charge in [0.1, 0.15) is 0 Å². The number of carbonyl (C=O) groups is 1. The average molecular weight is 326 g/mol. The highest BCUT2D eigenvalue weighted by Gasteiger charge is 2.46. The van der Waals surface area contributed by atoms with E-state index in [1.54, 1.807) is 0 Å². The lowest BCUT2D eigenvalue weighted by Gasteiger charge is -2.41. The number of carbonyl (C=O) groups excluding carboxylic acids is 1. The van der Waals surface area contributed by atoms with E-state index in [1.807, 2.05) is 0 Å². The Morgan fingerprint density at radius 1 is 1.22 bits per heavy atom. The Morgan fingerprint density at radius 2 is 1.87 bits per heavy atom. The first-order valence-electron chi connectivity index (χ1n) is 8.03. The Kier molecular flexibility index (Phi) is 4.12. The van der Waals surface area contributed by atoms with Crippen LogP contribution in [0, 0.1) is 11.8 Å². The van der Waals surface area contributed by atoms with Crippen molar-refractivity contribution in [2.45, 2.75) is 37.3 Å². The zero-order valence-electron chi connectivity index (χ0n) is 12.8. The van der Waals surface area contributed by atoms with Gasteiger partial charge in [-0.2, -0.15) is 13.2 Å². The van der Waals surface area contributed by atoms with Gasteiger partial charge < -0.3 is 11.1 Å². The fraction of sp³-hybridized carbons (Fsp3) is 0.588. The van der Waals surface area contributed by atoms with Gasteiger partial charge in [0.2, 0.25) is 5.91 Å². The molecule has 1 amide bonds. The molecule has 1 aromatic rings. The number of nitrogens with one attached hydrogen (secondary N) is 1. The van der Waals surface area contributed by atoms with Crippen molar-refractivity contribution in [1.82, 2.24) is 5.32 Å². The fourth-order valence-corrected chi connectivity index (χ4v) is 3.40. The van der Waals surface area contributed by atoms with E-state index in [0.29, 0.717) is 43.3 Å². The molecule has 2 atom stereocenters. The molecule has 0 heterocycles. The topological polar surface area (TPSA) is 55.1 Å². The van der Waals surface area contributed by atoms with Gasteiger partial charge in [-0.3, -0.25) is 4.79 Å². The molecule has 0 spiro atoms. The Balaban J connectivity index is 1.69. The minimum Gasteiger partial charge on any atom is -0.355 e. The van der Waals surface area contributed by atoms with Crippen molar-refractivity contribution in [2.24, 2.45) is 17.6 Å². The summed E-state index contributed by atoms with van der Waals surface area (Å²) in [7, 11) is 0. The van der Waals surface area contributed by atoms with E-state index < -0.39 is 17.2 Å². The summed E-state index contributed by atoms with van der Waals surface area (Å²) < 4.78 is 38.0. The van der Waals surface area contributed by atoms with Gasteiger partial charge in [-0.1, -0.05) is 18.6 Å². The molecule has 0 aromatic heterocycles. The molecule has 2 aliphatic carbocycles. The number of amides is 1. The molecule has 3 N–H and O–H groups in total. The summed E-state index contributed by atoms with van der Waals surface area (Å²) in [5.41, 5.74) is 4.93. The summed E-state index contributed by atoms with van der Waals surface area (Å²) in [5.74, 6) is 0.888. The van der Waals surface area contributed by atoms with Gasteiger partial charge >= 0.3 is 6.18 Å². The molecule has 2 saturated carbocycles. The van der Waals surface area contributed by atoms with Crippen molar-refractivity contribution in [3.8, 4) is 0 Å². The number of hydrogen-bond donors (Lipinski definition) is 2. The van der Waals surface area contributed by atoms with Crippen LogP contribution < -0.4 is 11.1 Å². The van der Waals surface area contributed by atoms with Crippen LogP contribution in [0.4, 0.5) is 13.2 Å². The summed E-state index contributed by atoms with van der Waals surface area (Å²) in [6.07, 6.45) is -1.01. The van der Waals surface area contributed by atoms with E-state index in [1.165, 1.54) is 12.1 Å². The molecule has 6 heteroatoms. The first-order chi connectivity index (χ1) is 10.9. The van der Waals surface area contributed by atoms with Gasteiger partial charge in [0.15, 0.2) is 0 Å². The second kappa shape index (κ2) is 5.82. The molecular weight excluding hydrogens is 305 g/mol. The molecule has 3 nitrogen and oxygen atoms in total. The SMILES string of the molecule is NC[C@@H]1C[C@H]1CNC(=O)C1(c2ccc(C(F)(F)F)cc2)CCC1. The van der Waals surface area contributed by atoms with E-state index in [4.69, 9.17) is 5.73 Å². The van der Waals surface area contributed by atoms with Crippen molar-refractivity contribution >= 4 is 5.91 Å². The van der Waals surface area contributed by atoms with Crippen LogP contribution in [-0.2, 0) is 16.4 Å². The van der Waals surface area contributed by atoms with E-state index in [2.05, 4.69) is 5.32 Å². The third kappa shape index (κ3) is 3.09. The molecule has 126 valence electrons. The number of hydrogen-bond acceptors (Lipinski definition) is 2. The third-order valence-corrected chi connectivity index (χ3v) is 5.30. The Labute approximate surface area is 133 Å². The standard InChI is InChI=1S/C17H21F3N2O/c18-17(19,20)14-4-2-13(3-5-14)16(6-1-7-16)15(23)22-10-12-8-11(12)9-21/h2-5,11-12H,1,6-10,21H2,(H,22,23)/t11-,12-/m0/s1. The molecule has 0 unspecified atom stereocenters. The second-order valence-electron chi connectivity index (χ2n) is 6.71. The van der Waals surface area contributed by atoms with Crippen LogP contribution in [0.3, 0.4) is 0 Å². The van der Waals surface area contributed by atoms with Gasteiger partial charge in [0, 0.05) is 6.54 Å². The quantitative estimate of drug-likeness (QED) is 0.874. The maximum atomic E-state index is 12.7. The lowest BCUT2D eigenvalue weighted by molar-refractivity contribution is -0.137. The van der Waals surface area contributed by atoms with Crippen molar-refractivity contribution in [2.75, 3.05) is 13.1 Å². The minimum atomic E-state index is -4.35. The summed E-state index contributed by atoms with van der Waals surface area (Å²) in [6.45, 7) is 1.26. The lowest BCUT2D eigenvalue weighted by atomic mass is 9.63. The second-order valence-corrected chi connectivity index (χ2v) is 6.71. The predicted molar refractivity (Wildman–Crippen MR) is 80.6 cm³/mol. The fourth-order valence-electron chi connectivity index (χ4n) is 3.40. The molecule has 23 heavy (non-hydrogen) atoms. The summed E-state index contributed by atoms with van der Waals surface area (Å²) in [6, 6.07) is 5.02. The van der Waals surface area contributed by atoms with E-state index in [-0.39, 0.29) is 5.91 Å². The van der Waals surface area contributed by atoms with Crippen LogP contribution in [0.2, 0.25) is 0 Å². The highest BCUT2D eigenvalue weighted by atomic mass is 19.4. The number of alkyl halides is 3. The zero-order valence-corrected chi connectivity index (χ0v) is 12.8. The maximum absolute atomic E-state index is 12.7. The van der Waals surface area contributed by atoms with Crippen LogP contribution in [0.5, 0.6) is 0 Å². The first-order valence-corrected chi connectivity index (χ1v) is 8.03. The van der Waals surface area contributed by atoms with E-state index >= 15 is 0 Å². The van der Waals surface area contributed by atoms with Crippen molar-refractivity contribution in [1.29, 1.82) is 0 Å². The summed E-state index contributed by atoms with van der Waals surface area (Å²) >= 11 is 0. The molecule has 2 aliphatic rings. The Morgan fingerprint density at radius 3 is 2.30 bits per heavy atom. The third-order valence-electron chi connectivity index (χ3n) is 5.30. The molecule has 2 fully saturated rings. The van der Waals surface area contributed by atoms with Crippen LogP contribution >= 0.6 is 0 Å². The largest absolute Gasteiger partial charge is 0.416 e. The van der Waals surface area contributed by atoms with E-state index in [9.17, 15) is 18.0 Å². The Hall–Kier alpha value is -1.56. The van der Waals surface area contributed by atoms with Crippen molar-refractivity contribution in [3.63, 3.8) is 0 Å².